The number of rotatable bonds is 0. The molecule has 7 heavy (non-hydrogen) atoms. The van der Waals surface area contributed by atoms with Crippen molar-refractivity contribution in [1.29, 1.82) is 0 Å². The molecule has 1 heterocycles. The first-order valence-electron chi connectivity index (χ1n) is 2.48. The molecule has 0 saturated heterocycles. The standard InChI is InChI=1S/C6H8N/c1-2-4-6-7-5-3-1/h1-2,5-6H,3-4H2. The van der Waals surface area contributed by atoms with Crippen molar-refractivity contribution < 1.29 is 0 Å². The van der Waals surface area contributed by atoms with Gasteiger partial charge in [-0.3, -0.25) is 4.99 Å². The summed E-state index contributed by atoms with van der Waals surface area (Å²) < 4.78 is 0. The maximum atomic E-state index is 3.96. The zero-order chi connectivity index (χ0) is 4.95. The molecule has 1 rings (SSSR count). The summed E-state index contributed by atoms with van der Waals surface area (Å²) in [6.45, 7) is 1.91. The second-order valence-corrected chi connectivity index (χ2v) is 1.46. The maximum absolute atomic E-state index is 3.96. The second kappa shape index (κ2) is 2.56. The Hall–Kier alpha value is -0.590. The van der Waals surface area contributed by atoms with E-state index in [1.54, 1.807) is 0 Å². The predicted molar refractivity (Wildman–Crippen MR) is 31.2 cm³/mol. The Bertz CT molecular complexity index is 80.4. The van der Waals surface area contributed by atoms with Gasteiger partial charge in [0.15, 0.2) is 0 Å². The van der Waals surface area contributed by atoms with E-state index in [0.29, 0.717) is 0 Å². The lowest BCUT2D eigenvalue weighted by atomic mass is 10.4. The van der Waals surface area contributed by atoms with Gasteiger partial charge in [0.1, 0.15) is 0 Å². The maximum Gasteiger partial charge on any atom is 0.0756 e. The minimum atomic E-state index is 0.997. The summed E-state index contributed by atoms with van der Waals surface area (Å²) in [6, 6.07) is 0. The molecule has 1 heteroatoms. The number of aliphatic imine (C=N–C) groups is 1. The zero-order valence-corrected chi connectivity index (χ0v) is 4.17. The van der Waals surface area contributed by atoms with E-state index in [2.05, 4.69) is 17.1 Å². The lowest BCUT2D eigenvalue weighted by molar-refractivity contribution is 1.18. The number of allylic oxidation sites excluding steroid dienone is 1. The van der Waals surface area contributed by atoms with Gasteiger partial charge in [-0.2, -0.15) is 0 Å². The summed E-state index contributed by atoms with van der Waals surface area (Å²) in [4.78, 5) is 3.96. The molecule has 0 aromatic rings. The molecule has 0 atom stereocenters. The zero-order valence-electron chi connectivity index (χ0n) is 4.17. The van der Waals surface area contributed by atoms with Crippen LogP contribution in [-0.2, 0) is 0 Å². The molecule has 0 spiro atoms. The van der Waals surface area contributed by atoms with Crippen LogP contribution in [0, 0.1) is 6.54 Å². The quantitative estimate of drug-likeness (QED) is 0.404. The van der Waals surface area contributed by atoms with E-state index < -0.39 is 0 Å². The van der Waals surface area contributed by atoms with Gasteiger partial charge in [-0.15, -0.1) is 0 Å². The molecule has 1 nitrogen and oxygen atoms in total. The van der Waals surface area contributed by atoms with Crippen LogP contribution in [0.15, 0.2) is 17.1 Å². The van der Waals surface area contributed by atoms with Crippen LogP contribution in [0.5, 0.6) is 0 Å². The Morgan fingerprint density at radius 1 is 1.14 bits per heavy atom. The average Bonchev–Trinajstić information content (AvgIpc) is 1.90. The van der Waals surface area contributed by atoms with Crippen molar-refractivity contribution in [2.45, 2.75) is 12.8 Å². The molecule has 0 aromatic heterocycles. The van der Waals surface area contributed by atoms with Gasteiger partial charge in [-0.05, 0) is 6.42 Å². The van der Waals surface area contributed by atoms with Crippen LogP contribution in [0.3, 0.4) is 0 Å². The fourth-order valence-corrected chi connectivity index (χ4v) is 0.510. The van der Waals surface area contributed by atoms with Gasteiger partial charge in [-0.1, -0.05) is 12.2 Å². The van der Waals surface area contributed by atoms with Gasteiger partial charge in [0.25, 0.3) is 0 Å². The number of nitrogens with zero attached hydrogens (tertiary/aromatic N) is 1. The first-order valence-corrected chi connectivity index (χ1v) is 2.48. The predicted octanol–water partition coefficient (Wildman–Crippen LogP) is 1.57. The van der Waals surface area contributed by atoms with E-state index in [0.717, 1.165) is 12.8 Å². The van der Waals surface area contributed by atoms with Gasteiger partial charge >= 0.3 is 0 Å². The smallest absolute Gasteiger partial charge is 0.0756 e. The van der Waals surface area contributed by atoms with E-state index in [9.17, 15) is 0 Å². The third-order valence-corrected chi connectivity index (χ3v) is 0.860. The molecule has 0 aliphatic carbocycles. The van der Waals surface area contributed by atoms with E-state index in [4.69, 9.17) is 0 Å². The van der Waals surface area contributed by atoms with Gasteiger partial charge in [-0.25, -0.2) is 0 Å². The van der Waals surface area contributed by atoms with E-state index >= 15 is 0 Å². The van der Waals surface area contributed by atoms with Gasteiger partial charge in [0, 0.05) is 12.6 Å². The van der Waals surface area contributed by atoms with Crippen molar-refractivity contribution >= 4 is 6.21 Å². The second-order valence-electron chi connectivity index (χ2n) is 1.46. The molecular weight excluding hydrogens is 86.1 g/mol. The Labute approximate surface area is 43.8 Å². The molecule has 1 radical (unpaired) electrons. The molecule has 0 aromatic carbocycles. The third kappa shape index (κ3) is 1.53. The first-order chi connectivity index (χ1) is 3.50. The molecule has 0 bridgehead atoms. The Balaban J connectivity index is 2.38. The van der Waals surface area contributed by atoms with E-state index in [1.165, 1.54) is 0 Å². The first kappa shape index (κ1) is 4.57. The molecule has 37 valence electrons. The van der Waals surface area contributed by atoms with Crippen LogP contribution in [0.4, 0.5) is 0 Å². The van der Waals surface area contributed by atoms with Gasteiger partial charge in [0.05, 0.1) is 6.54 Å². The van der Waals surface area contributed by atoms with Crippen molar-refractivity contribution in [2.75, 3.05) is 0 Å². The largest absolute Gasteiger partial charge is 0.291 e. The van der Waals surface area contributed by atoms with Crippen molar-refractivity contribution in [2.24, 2.45) is 4.99 Å². The summed E-state index contributed by atoms with van der Waals surface area (Å²) in [5.41, 5.74) is 0. The molecule has 0 amide bonds. The van der Waals surface area contributed by atoms with Crippen LogP contribution in [-0.4, -0.2) is 6.21 Å². The van der Waals surface area contributed by atoms with Gasteiger partial charge in [0.2, 0.25) is 0 Å². The van der Waals surface area contributed by atoms with Crippen LogP contribution < -0.4 is 0 Å². The molecule has 0 fully saturated rings. The monoisotopic (exact) mass is 94.1 g/mol. The molecule has 0 saturated carbocycles. The van der Waals surface area contributed by atoms with E-state index in [-0.39, 0.29) is 0 Å². The number of hydrogen-bond donors (Lipinski definition) is 0. The minimum Gasteiger partial charge on any atom is -0.291 e. The fourth-order valence-electron chi connectivity index (χ4n) is 0.510. The molecule has 0 N–H and O–H groups in total. The Kier molecular flexibility index (Phi) is 1.67. The molecule has 1 aliphatic heterocycles. The normalized spacial score (nSPS) is 19.4. The highest BCUT2D eigenvalue weighted by molar-refractivity contribution is 5.60. The van der Waals surface area contributed by atoms with Crippen LogP contribution in [0.1, 0.15) is 12.8 Å². The molecular formula is C6H8N. The van der Waals surface area contributed by atoms with Crippen molar-refractivity contribution in [3.63, 3.8) is 0 Å². The highest BCUT2D eigenvalue weighted by Gasteiger charge is 1.81. The lowest BCUT2D eigenvalue weighted by Crippen LogP contribution is -1.63. The lowest BCUT2D eigenvalue weighted by Gasteiger charge is -1.76. The van der Waals surface area contributed by atoms with E-state index in [1.807, 2.05) is 12.8 Å². The summed E-state index contributed by atoms with van der Waals surface area (Å²) in [7, 11) is 0. The topological polar surface area (TPSA) is 12.4 Å². The molecule has 1 aliphatic rings. The van der Waals surface area contributed by atoms with Crippen molar-refractivity contribution in [3.05, 3.63) is 18.7 Å². The van der Waals surface area contributed by atoms with Crippen molar-refractivity contribution in [1.82, 2.24) is 0 Å². The fraction of sp³-hybridized carbons (Fsp3) is 0.333. The van der Waals surface area contributed by atoms with Crippen LogP contribution in [0.25, 0.3) is 0 Å². The highest BCUT2D eigenvalue weighted by Crippen LogP contribution is 1.95. The average molecular weight is 94.1 g/mol. The third-order valence-electron chi connectivity index (χ3n) is 0.860. The van der Waals surface area contributed by atoms with Crippen LogP contribution >= 0.6 is 0 Å². The molecule has 0 unspecified atom stereocenters. The summed E-state index contributed by atoms with van der Waals surface area (Å²) >= 11 is 0. The minimum absolute atomic E-state index is 0.997. The number of hydrogen-bond acceptors (Lipinski definition) is 1. The summed E-state index contributed by atoms with van der Waals surface area (Å²) in [5.74, 6) is 0. The highest BCUT2D eigenvalue weighted by atomic mass is 14.7. The van der Waals surface area contributed by atoms with Crippen LogP contribution in [0.2, 0.25) is 0 Å². The Morgan fingerprint density at radius 2 is 2.00 bits per heavy atom. The Morgan fingerprint density at radius 3 is 3.00 bits per heavy atom. The van der Waals surface area contributed by atoms with Crippen molar-refractivity contribution in [3.8, 4) is 0 Å². The van der Waals surface area contributed by atoms with Gasteiger partial charge < -0.3 is 0 Å². The summed E-state index contributed by atoms with van der Waals surface area (Å²) in [6.07, 6.45) is 8.14. The SMILES string of the molecule is [CH]1CC=CCC=N1. The summed E-state index contributed by atoms with van der Waals surface area (Å²) in [5, 5.41) is 0.